The Morgan fingerprint density at radius 2 is 1.89 bits per heavy atom. The molecule has 5 rings (SSSR count). The number of hydrogen-bond donors (Lipinski definition) is 0. The van der Waals surface area contributed by atoms with Crippen molar-refractivity contribution >= 4 is 54.1 Å². The van der Waals surface area contributed by atoms with E-state index >= 15 is 0 Å². The molecule has 0 N–H and O–H groups in total. The smallest absolute Gasteiger partial charge is 0.403 e. The van der Waals surface area contributed by atoms with Gasteiger partial charge in [0.25, 0.3) is 0 Å². The standard InChI is InChI=1S/C25H25ClN2O7P2/c1-3-31-37(30,32-4-2)35-23-10-12-27-25-21(23)9-8-18-15-20(16-28-24(18)25)36(29)33-13-11-22(34-36)17-6-5-7-19(26)14-17/h5-10,12,14-16,22H,3-4,11,13H2,1-2H3/t22-,36?/m0/s1. The van der Waals surface area contributed by atoms with Gasteiger partial charge < -0.3 is 9.05 Å². The molecule has 0 amide bonds. The fourth-order valence-corrected chi connectivity index (χ4v) is 7.28. The Morgan fingerprint density at radius 3 is 2.65 bits per heavy atom. The van der Waals surface area contributed by atoms with Gasteiger partial charge in [0.1, 0.15) is 11.3 Å². The van der Waals surface area contributed by atoms with Crippen molar-refractivity contribution in [2.45, 2.75) is 26.4 Å². The third-order valence-corrected chi connectivity index (χ3v) is 9.47. The highest BCUT2D eigenvalue weighted by Gasteiger charge is 2.37. The summed E-state index contributed by atoms with van der Waals surface area (Å²) in [7, 11) is -7.44. The Kier molecular flexibility index (Phi) is 7.66. The van der Waals surface area contributed by atoms with Gasteiger partial charge in [-0.25, -0.2) is 4.57 Å². The van der Waals surface area contributed by atoms with Crippen LogP contribution in [0.4, 0.5) is 0 Å². The minimum atomic E-state index is -3.80. The number of hydrogen-bond acceptors (Lipinski definition) is 9. The number of benzene rings is 2. The highest BCUT2D eigenvalue weighted by Crippen LogP contribution is 2.55. The normalized spacial score (nSPS) is 20.4. The maximum Gasteiger partial charge on any atom is 0.530 e. The Bertz CT molecular complexity index is 1540. The molecule has 2 atom stereocenters. The number of rotatable bonds is 8. The molecule has 1 saturated heterocycles. The summed E-state index contributed by atoms with van der Waals surface area (Å²) in [4.78, 5) is 9.00. The second kappa shape index (κ2) is 10.8. The van der Waals surface area contributed by atoms with Crippen molar-refractivity contribution in [3.05, 3.63) is 71.5 Å². The van der Waals surface area contributed by atoms with Gasteiger partial charge in [-0.2, -0.15) is 0 Å². The van der Waals surface area contributed by atoms with Crippen molar-refractivity contribution in [2.24, 2.45) is 0 Å². The molecule has 37 heavy (non-hydrogen) atoms. The van der Waals surface area contributed by atoms with E-state index in [0.717, 1.165) is 5.56 Å². The fraction of sp³-hybridized carbons (Fsp3) is 0.280. The van der Waals surface area contributed by atoms with Crippen LogP contribution in [0.5, 0.6) is 5.75 Å². The summed E-state index contributed by atoms with van der Waals surface area (Å²) >= 11 is 6.13. The maximum absolute atomic E-state index is 13.7. The number of pyridine rings is 2. The largest absolute Gasteiger partial charge is 0.530 e. The summed E-state index contributed by atoms with van der Waals surface area (Å²) in [5.74, 6) is 0.291. The molecular weight excluding hydrogens is 538 g/mol. The van der Waals surface area contributed by atoms with Crippen molar-refractivity contribution in [3.63, 3.8) is 0 Å². The van der Waals surface area contributed by atoms with E-state index in [1.54, 1.807) is 50.2 Å². The van der Waals surface area contributed by atoms with Gasteiger partial charge >= 0.3 is 15.4 Å². The second-order valence-corrected chi connectivity index (χ2v) is 12.2. The molecule has 0 aliphatic carbocycles. The van der Waals surface area contributed by atoms with Gasteiger partial charge in [0, 0.05) is 34.6 Å². The first-order chi connectivity index (χ1) is 17.8. The summed E-state index contributed by atoms with van der Waals surface area (Å²) in [5.41, 5.74) is 1.90. The lowest BCUT2D eigenvalue weighted by Gasteiger charge is -2.30. The van der Waals surface area contributed by atoms with Crippen LogP contribution in [0.25, 0.3) is 21.8 Å². The predicted octanol–water partition coefficient (Wildman–Crippen LogP) is 6.99. The van der Waals surface area contributed by atoms with E-state index in [2.05, 4.69) is 9.97 Å². The molecule has 4 aromatic rings. The Balaban J connectivity index is 1.49. The zero-order valence-electron chi connectivity index (χ0n) is 20.2. The number of phosphoric ester groups is 1. The van der Waals surface area contributed by atoms with Crippen LogP contribution in [0, 0.1) is 0 Å². The van der Waals surface area contributed by atoms with Crippen LogP contribution in [0.1, 0.15) is 31.9 Å². The summed E-state index contributed by atoms with van der Waals surface area (Å²) < 4.78 is 54.5. The second-order valence-electron chi connectivity index (χ2n) is 8.18. The number of nitrogens with zero attached hydrogens (tertiary/aromatic N) is 2. The summed E-state index contributed by atoms with van der Waals surface area (Å²) in [6.07, 6.45) is 3.14. The molecule has 12 heteroatoms. The highest BCUT2D eigenvalue weighted by molar-refractivity contribution is 7.62. The quantitative estimate of drug-likeness (QED) is 0.166. The molecule has 1 fully saturated rings. The van der Waals surface area contributed by atoms with Crippen LogP contribution in [0.15, 0.2) is 60.9 Å². The number of phosphoric acid groups is 1. The molecule has 0 spiro atoms. The summed E-state index contributed by atoms with van der Waals surface area (Å²) in [5, 5.41) is 2.18. The third-order valence-electron chi connectivity index (χ3n) is 5.74. The minimum absolute atomic E-state index is 0.163. The van der Waals surface area contributed by atoms with Gasteiger partial charge in [0.2, 0.25) is 0 Å². The van der Waals surface area contributed by atoms with Gasteiger partial charge in [-0.1, -0.05) is 29.8 Å². The van der Waals surface area contributed by atoms with Crippen LogP contribution < -0.4 is 9.83 Å². The van der Waals surface area contributed by atoms with E-state index in [1.165, 1.54) is 12.4 Å². The summed E-state index contributed by atoms with van der Waals surface area (Å²) in [6, 6.07) is 14.2. The van der Waals surface area contributed by atoms with Gasteiger partial charge in [0.15, 0.2) is 0 Å². The maximum atomic E-state index is 13.7. The fourth-order valence-electron chi connectivity index (χ4n) is 4.13. The van der Waals surface area contributed by atoms with E-state index in [-0.39, 0.29) is 19.8 Å². The Hall–Kier alpha value is -2.35. The lowest BCUT2D eigenvalue weighted by Crippen LogP contribution is -2.20. The SMILES string of the molecule is CCOP(=O)(OCC)Oc1ccnc2c1ccc1cc(P3(=O)OCC[C@@H](c4cccc(Cl)c4)O3)cnc12. The van der Waals surface area contributed by atoms with E-state index in [9.17, 15) is 9.13 Å². The van der Waals surface area contributed by atoms with Gasteiger partial charge in [-0.3, -0.25) is 28.1 Å². The van der Waals surface area contributed by atoms with Crippen molar-refractivity contribution in [3.8, 4) is 5.75 Å². The van der Waals surface area contributed by atoms with Crippen molar-refractivity contribution in [1.82, 2.24) is 9.97 Å². The topological polar surface area (TPSA) is 106 Å². The first kappa shape index (κ1) is 26.3. The van der Waals surface area contributed by atoms with E-state index < -0.39 is 21.5 Å². The third kappa shape index (κ3) is 5.45. The Morgan fingerprint density at radius 1 is 1.08 bits per heavy atom. The van der Waals surface area contributed by atoms with Crippen LogP contribution in [-0.4, -0.2) is 29.8 Å². The molecular formula is C25H25ClN2O7P2. The van der Waals surface area contributed by atoms with E-state index in [0.29, 0.717) is 44.3 Å². The molecule has 1 aliphatic rings. The average Bonchev–Trinajstić information content (AvgIpc) is 2.88. The number of aromatic nitrogens is 2. The first-order valence-electron chi connectivity index (χ1n) is 11.8. The lowest BCUT2D eigenvalue weighted by molar-refractivity contribution is 0.0875. The van der Waals surface area contributed by atoms with Gasteiger partial charge in [0.05, 0.1) is 36.7 Å². The molecule has 1 aliphatic heterocycles. The van der Waals surface area contributed by atoms with Gasteiger partial charge in [-0.15, -0.1) is 0 Å². The van der Waals surface area contributed by atoms with Crippen LogP contribution in [-0.2, 0) is 27.2 Å². The van der Waals surface area contributed by atoms with Crippen molar-refractivity contribution in [2.75, 3.05) is 19.8 Å². The molecule has 0 saturated carbocycles. The van der Waals surface area contributed by atoms with E-state index in [4.69, 9.17) is 34.2 Å². The van der Waals surface area contributed by atoms with E-state index in [1.807, 2.05) is 12.1 Å². The molecule has 0 radical (unpaired) electrons. The van der Waals surface area contributed by atoms with Crippen LogP contribution in [0.2, 0.25) is 5.02 Å². The number of fused-ring (bicyclic) bond motifs is 3. The Labute approximate surface area is 219 Å². The molecule has 1 unspecified atom stereocenters. The monoisotopic (exact) mass is 562 g/mol. The zero-order chi connectivity index (χ0) is 26.0. The molecule has 194 valence electrons. The first-order valence-corrected chi connectivity index (χ1v) is 15.2. The van der Waals surface area contributed by atoms with Crippen molar-refractivity contribution in [1.29, 1.82) is 0 Å². The van der Waals surface area contributed by atoms with Crippen LogP contribution >= 0.6 is 27.0 Å². The van der Waals surface area contributed by atoms with Crippen molar-refractivity contribution < 1.29 is 31.7 Å². The molecule has 9 nitrogen and oxygen atoms in total. The minimum Gasteiger partial charge on any atom is -0.403 e. The average molecular weight is 563 g/mol. The molecule has 2 aromatic carbocycles. The zero-order valence-corrected chi connectivity index (χ0v) is 22.7. The molecule has 0 bridgehead atoms. The predicted molar refractivity (Wildman–Crippen MR) is 142 cm³/mol. The van der Waals surface area contributed by atoms with Gasteiger partial charge in [-0.05, 0) is 49.7 Å². The lowest BCUT2D eigenvalue weighted by atomic mass is 10.1. The van der Waals surface area contributed by atoms with Crippen LogP contribution in [0.3, 0.4) is 0 Å². The number of halogens is 1. The summed E-state index contributed by atoms with van der Waals surface area (Å²) in [6.45, 7) is 4.01. The highest BCUT2D eigenvalue weighted by atomic mass is 35.5. The molecule has 2 aromatic heterocycles. The molecule has 3 heterocycles.